The lowest BCUT2D eigenvalue weighted by Gasteiger charge is -2.14. The summed E-state index contributed by atoms with van der Waals surface area (Å²) in [7, 11) is 4.56. The number of carbonyl (C=O) groups is 1. The number of benzene rings is 3. The fourth-order valence-corrected chi connectivity index (χ4v) is 5.07. The van der Waals surface area contributed by atoms with Crippen molar-refractivity contribution in [1.29, 1.82) is 0 Å². The van der Waals surface area contributed by atoms with E-state index in [1.54, 1.807) is 30.3 Å². The molecular weight excluding hydrogens is 582 g/mol. The minimum Gasteiger partial charge on any atom is -0.493 e. The molecule has 0 radical (unpaired) electrons. The number of hydrogen-bond acceptors (Lipinski definition) is 11. The molecule has 2 heterocycles. The summed E-state index contributed by atoms with van der Waals surface area (Å²) in [5.41, 5.74) is 8.26. The molecule has 2 aromatic heterocycles. The lowest BCUT2D eigenvalue weighted by molar-refractivity contribution is -0.115. The van der Waals surface area contributed by atoms with Gasteiger partial charge in [-0.1, -0.05) is 28.6 Å². The summed E-state index contributed by atoms with van der Waals surface area (Å²) in [6.45, 7) is 1.84. The largest absolute Gasteiger partial charge is 0.493 e. The molecule has 0 aliphatic carbocycles. The molecule has 0 saturated heterocycles. The van der Waals surface area contributed by atoms with Gasteiger partial charge in [0.1, 0.15) is 22.3 Å². The standard InChI is InChI=1S/C29H26F2N6O5S/c1-14-8-9-15(33-23(38)13-18-19(30)6-5-7-20(18)31)10-17(14)27-36-28(42-37-27)25-26(32)35-29(43-25)34-16-11-21(39-2)24(41-4)22(12-16)40-3/h5-12H,13,32H2,1-4H3,(H,33,38)(H,34,35). The Morgan fingerprint density at radius 2 is 1.67 bits per heavy atom. The van der Waals surface area contributed by atoms with Crippen molar-refractivity contribution < 1.29 is 32.3 Å². The molecule has 0 fully saturated rings. The van der Waals surface area contributed by atoms with E-state index in [1.165, 1.54) is 38.7 Å². The Balaban J connectivity index is 1.35. The number of rotatable bonds is 10. The number of nitrogens with one attached hydrogen (secondary N) is 2. The predicted octanol–water partition coefficient (Wildman–Crippen LogP) is 5.98. The van der Waals surface area contributed by atoms with Crippen molar-refractivity contribution in [2.75, 3.05) is 37.7 Å². The van der Waals surface area contributed by atoms with Crippen LogP contribution in [-0.2, 0) is 11.2 Å². The van der Waals surface area contributed by atoms with E-state index in [0.29, 0.717) is 44.2 Å². The number of anilines is 4. The molecule has 3 aromatic carbocycles. The number of aryl methyl sites for hydroxylation is 1. The van der Waals surface area contributed by atoms with Gasteiger partial charge in [0.2, 0.25) is 17.5 Å². The van der Waals surface area contributed by atoms with Crippen LogP contribution in [0.15, 0.2) is 53.1 Å². The van der Waals surface area contributed by atoms with Crippen LogP contribution in [-0.4, -0.2) is 42.4 Å². The number of carbonyl (C=O) groups excluding carboxylic acids is 1. The Hall–Kier alpha value is -5.24. The van der Waals surface area contributed by atoms with Gasteiger partial charge in [-0.05, 0) is 36.8 Å². The average molecular weight is 609 g/mol. The first-order chi connectivity index (χ1) is 20.7. The lowest BCUT2D eigenvalue weighted by Crippen LogP contribution is -2.16. The van der Waals surface area contributed by atoms with Gasteiger partial charge in [-0.3, -0.25) is 4.79 Å². The molecule has 0 saturated carbocycles. The number of halogens is 2. The van der Waals surface area contributed by atoms with E-state index in [-0.39, 0.29) is 23.1 Å². The van der Waals surface area contributed by atoms with E-state index < -0.39 is 24.0 Å². The van der Waals surface area contributed by atoms with Crippen molar-refractivity contribution in [2.45, 2.75) is 13.3 Å². The highest BCUT2D eigenvalue weighted by molar-refractivity contribution is 7.19. The quantitative estimate of drug-likeness (QED) is 0.173. The van der Waals surface area contributed by atoms with Gasteiger partial charge in [0.15, 0.2) is 16.6 Å². The summed E-state index contributed by atoms with van der Waals surface area (Å²) >= 11 is 1.20. The molecule has 4 N–H and O–H groups in total. The van der Waals surface area contributed by atoms with Crippen LogP contribution in [0.4, 0.5) is 31.1 Å². The van der Waals surface area contributed by atoms with Crippen LogP contribution in [0.3, 0.4) is 0 Å². The third kappa shape index (κ3) is 6.18. The summed E-state index contributed by atoms with van der Waals surface area (Å²) in [6.07, 6.45) is -0.467. The highest BCUT2D eigenvalue weighted by Crippen LogP contribution is 2.42. The van der Waals surface area contributed by atoms with Crippen LogP contribution < -0.4 is 30.6 Å². The van der Waals surface area contributed by atoms with Crippen LogP contribution in [0.25, 0.3) is 22.2 Å². The van der Waals surface area contributed by atoms with Crippen molar-refractivity contribution in [3.05, 3.63) is 71.3 Å². The van der Waals surface area contributed by atoms with Gasteiger partial charge in [-0.25, -0.2) is 13.8 Å². The number of thiazole rings is 1. The third-order valence-electron chi connectivity index (χ3n) is 6.35. The van der Waals surface area contributed by atoms with E-state index in [2.05, 4.69) is 25.8 Å². The summed E-state index contributed by atoms with van der Waals surface area (Å²) in [4.78, 5) is 21.9. The Kier molecular flexibility index (Phi) is 8.39. The monoisotopic (exact) mass is 608 g/mol. The molecule has 5 aromatic rings. The van der Waals surface area contributed by atoms with Crippen LogP contribution in [0.5, 0.6) is 17.2 Å². The molecule has 14 heteroatoms. The zero-order chi connectivity index (χ0) is 30.7. The number of methoxy groups -OCH3 is 3. The lowest BCUT2D eigenvalue weighted by atomic mass is 10.1. The second kappa shape index (κ2) is 12.3. The van der Waals surface area contributed by atoms with Crippen molar-refractivity contribution in [2.24, 2.45) is 0 Å². The van der Waals surface area contributed by atoms with Crippen LogP contribution in [0, 0.1) is 18.6 Å². The molecule has 1 amide bonds. The zero-order valence-electron chi connectivity index (χ0n) is 23.5. The first-order valence-corrected chi connectivity index (χ1v) is 13.5. The fourth-order valence-electron chi connectivity index (χ4n) is 4.25. The number of aromatic nitrogens is 3. The maximum Gasteiger partial charge on any atom is 0.272 e. The highest BCUT2D eigenvalue weighted by Gasteiger charge is 2.21. The van der Waals surface area contributed by atoms with Gasteiger partial charge in [0.05, 0.1) is 27.8 Å². The van der Waals surface area contributed by atoms with Gasteiger partial charge < -0.3 is 35.1 Å². The molecular formula is C29H26F2N6O5S. The molecule has 5 rings (SSSR count). The Bertz CT molecular complexity index is 1760. The second-order valence-corrected chi connectivity index (χ2v) is 10.1. The van der Waals surface area contributed by atoms with E-state index >= 15 is 0 Å². The molecule has 0 aliphatic heterocycles. The van der Waals surface area contributed by atoms with E-state index in [0.717, 1.165) is 17.7 Å². The summed E-state index contributed by atoms with van der Waals surface area (Å²) in [5.74, 6) is -0.224. The maximum atomic E-state index is 14.0. The first-order valence-electron chi connectivity index (χ1n) is 12.7. The molecule has 222 valence electrons. The predicted molar refractivity (Wildman–Crippen MR) is 158 cm³/mol. The second-order valence-electron chi connectivity index (χ2n) is 9.15. The summed E-state index contributed by atoms with van der Waals surface area (Å²) in [5, 5.41) is 10.4. The Labute approximate surface area is 248 Å². The van der Waals surface area contributed by atoms with Gasteiger partial charge in [0.25, 0.3) is 5.89 Å². The highest BCUT2D eigenvalue weighted by atomic mass is 32.1. The van der Waals surface area contributed by atoms with Crippen LogP contribution >= 0.6 is 11.3 Å². The minimum absolute atomic E-state index is 0.145. The Morgan fingerprint density at radius 1 is 0.977 bits per heavy atom. The van der Waals surface area contributed by atoms with Crippen molar-refractivity contribution in [3.63, 3.8) is 0 Å². The topological polar surface area (TPSA) is 147 Å². The molecule has 43 heavy (non-hydrogen) atoms. The van der Waals surface area contributed by atoms with Crippen molar-refractivity contribution in [1.82, 2.24) is 15.1 Å². The van der Waals surface area contributed by atoms with Crippen molar-refractivity contribution in [3.8, 4) is 39.4 Å². The maximum absolute atomic E-state index is 14.0. The minimum atomic E-state index is -0.789. The molecule has 0 aliphatic rings. The van der Waals surface area contributed by atoms with Gasteiger partial charge >= 0.3 is 0 Å². The number of ether oxygens (including phenoxy) is 3. The number of amides is 1. The molecule has 0 bridgehead atoms. The number of hydrogen-bond donors (Lipinski definition) is 3. The Morgan fingerprint density at radius 3 is 2.33 bits per heavy atom. The first kappa shape index (κ1) is 29.3. The van der Waals surface area contributed by atoms with Gasteiger partial charge in [0, 0.05) is 34.6 Å². The van der Waals surface area contributed by atoms with E-state index in [4.69, 9.17) is 24.5 Å². The normalized spacial score (nSPS) is 10.8. The fraction of sp³-hybridized carbons (Fsp3) is 0.172. The zero-order valence-corrected chi connectivity index (χ0v) is 24.3. The molecule has 0 unspecified atom stereocenters. The molecule has 0 atom stereocenters. The smallest absolute Gasteiger partial charge is 0.272 e. The SMILES string of the molecule is COc1cc(Nc2nc(N)c(-c3nc(-c4cc(NC(=O)Cc5c(F)cccc5F)ccc4C)no3)s2)cc(OC)c1OC. The van der Waals surface area contributed by atoms with Crippen LogP contribution in [0.1, 0.15) is 11.1 Å². The number of nitrogen functional groups attached to an aromatic ring is 1. The molecule has 11 nitrogen and oxygen atoms in total. The number of nitrogens with zero attached hydrogens (tertiary/aromatic N) is 3. The summed E-state index contributed by atoms with van der Waals surface area (Å²) in [6, 6.07) is 12.0. The van der Waals surface area contributed by atoms with Gasteiger partial charge in [-0.15, -0.1) is 0 Å². The summed E-state index contributed by atoms with van der Waals surface area (Å²) < 4.78 is 49.6. The average Bonchev–Trinajstić information content (AvgIpc) is 3.61. The van der Waals surface area contributed by atoms with E-state index in [1.807, 2.05) is 6.92 Å². The third-order valence-corrected chi connectivity index (χ3v) is 7.33. The van der Waals surface area contributed by atoms with Crippen molar-refractivity contribution >= 4 is 39.6 Å². The number of nitrogens with two attached hydrogens (primary N) is 1. The van der Waals surface area contributed by atoms with Crippen LogP contribution in [0.2, 0.25) is 0 Å². The van der Waals surface area contributed by atoms with E-state index in [9.17, 15) is 13.6 Å². The van der Waals surface area contributed by atoms with Gasteiger partial charge in [-0.2, -0.15) is 4.98 Å². The molecule has 0 spiro atoms.